The Labute approximate surface area is 133 Å². The summed E-state index contributed by atoms with van der Waals surface area (Å²) < 4.78 is 2.09. The Morgan fingerprint density at radius 1 is 1.38 bits per heavy atom. The fourth-order valence-corrected chi connectivity index (χ4v) is 4.28. The quantitative estimate of drug-likeness (QED) is 0.801. The van der Waals surface area contributed by atoms with E-state index in [0.29, 0.717) is 12.0 Å². The smallest absolute Gasteiger partial charge is 0.138 e. The van der Waals surface area contributed by atoms with Crippen LogP contribution in [0.2, 0.25) is 0 Å². The Kier molecular flexibility index (Phi) is 7.04. The van der Waals surface area contributed by atoms with Crippen molar-refractivity contribution in [1.29, 1.82) is 0 Å². The molecule has 1 aromatic heterocycles. The van der Waals surface area contributed by atoms with Gasteiger partial charge in [0.1, 0.15) is 12.2 Å². The first-order chi connectivity index (χ1) is 10.2. The molecule has 0 saturated carbocycles. The van der Waals surface area contributed by atoms with Gasteiger partial charge in [0, 0.05) is 19.0 Å². The molecule has 1 unspecified atom stereocenters. The molecule has 1 N–H and O–H groups in total. The lowest BCUT2D eigenvalue weighted by Gasteiger charge is -2.26. The highest BCUT2D eigenvalue weighted by Crippen LogP contribution is 2.27. The average Bonchev–Trinajstić information content (AvgIpc) is 2.86. The van der Waals surface area contributed by atoms with Crippen molar-refractivity contribution in [2.75, 3.05) is 18.1 Å². The van der Waals surface area contributed by atoms with Gasteiger partial charge in [-0.05, 0) is 49.1 Å². The molecule has 1 aromatic rings. The Hall–Kier alpha value is -0.550. The maximum Gasteiger partial charge on any atom is 0.138 e. The van der Waals surface area contributed by atoms with Gasteiger partial charge >= 0.3 is 0 Å². The van der Waals surface area contributed by atoms with Crippen molar-refractivity contribution in [3.63, 3.8) is 0 Å². The zero-order valence-corrected chi connectivity index (χ0v) is 14.5. The van der Waals surface area contributed by atoms with Crippen LogP contribution in [0.1, 0.15) is 45.9 Å². The highest BCUT2D eigenvalue weighted by atomic mass is 32.2. The van der Waals surface area contributed by atoms with Crippen LogP contribution in [0, 0.1) is 11.8 Å². The Balaban J connectivity index is 1.93. The SMILES string of the molecule is CCNC(Cc1ncnn1CC(C)C)CC1CCSCC1. The van der Waals surface area contributed by atoms with Crippen LogP contribution in [0.5, 0.6) is 0 Å². The summed E-state index contributed by atoms with van der Waals surface area (Å²) in [5, 5.41) is 8.05. The maximum absolute atomic E-state index is 4.49. The molecule has 1 fully saturated rings. The molecule has 1 aliphatic heterocycles. The minimum absolute atomic E-state index is 0.540. The van der Waals surface area contributed by atoms with Gasteiger partial charge in [0.25, 0.3) is 0 Å². The van der Waals surface area contributed by atoms with E-state index in [1.807, 2.05) is 0 Å². The van der Waals surface area contributed by atoms with Crippen LogP contribution in [-0.4, -0.2) is 38.9 Å². The van der Waals surface area contributed by atoms with E-state index in [-0.39, 0.29) is 0 Å². The molecule has 0 aliphatic carbocycles. The van der Waals surface area contributed by atoms with Gasteiger partial charge < -0.3 is 5.32 Å². The second kappa shape index (κ2) is 8.79. The lowest BCUT2D eigenvalue weighted by molar-refractivity contribution is 0.355. The number of nitrogens with zero attached hydrogens (tertiary/aromatic N) is 3. The molecule has 4 nitrogen and oxygen atoms in total. The first-order valence-electron chi connectivity index (χ1n) is 8.36. The first-order valence-corrected chi connectivity index (χ1v) is 9.52. The summed E-state index contributed by atoms with van der Waals surface area (Å²) in [5.41, 5.74) is 0. The van der Waals surface area contributed by atoms with Crippen molar-refractivity contribution in [1.82, 2.24) is 20.1 Å². The van der Waals surface area contributed by atoms with E-state index in [2.05, 4.69) is 52.6 Å². The van der Waals surface area contributed by atoms with Crippen LogP contribution >= 0.6 is 11.8 Å². The first kappa shape index (κ1) is 16.8. The van der Waals surface area contributed by atoms with Crippen LogP contribution in [0.15, 0.2) is 6.33 Å². The summed E-state index contributed by atoms with van der Waals surface area (Å²) >= 11 is 2.11. The molecule has 1 atom stereocenters. The Bertz CT molecular complexity index is 399. The van der Waals surface area contributed by atoms with Crippen LogP contribution in [0.3, 0.4) is 0 Å². The highest BCUT2D eigenvalue weighted by molar-refractivity contribution is 7.99. The molecular formula is C16H30N4S. The van der Waals surface area contributed by atoms with Crippen LogP contribution in [-0.2, 0) is 13.0 Å². The lowest BCUT2D eigenvalue weighted by atomic mass is 9.92. The van der Waals surface area contributed by atoms with Crippen LogP contribution in [0.4, 0.5) is 0 Å². The molecule has 2 heterocycles. The van der Waals surface area contributed by atoms with Crippen molar-refractivity contribution in [3.05, 3.63) is 12.2 Å². The van der Waals surface area contributed by atoms with Gasteiger partial charge in [-0.25, -0.2) is 9.67 Å². The third-order valence-electron chi connectivity index (χ3n) is 4.11. The fraction of sp³-hybridized carbons (Fsp3) is 0.875. The van der Waals surface area contributed by atoms with Crippen molar-refractivity contribution in [2.45, 2.75) is 59.0 Å². The van der Waals surface area contributed by atoms with Crippen molar-refractivity contribution in [2.24, 2.45) is 11.8 Å². The van der Waals surface area contributed by atoms with E-state index in [1.165, 1.54) is 30.8 Å². The van der Waals surface area contributed by atoms with E-state index in [9.17, 15) is 0 Å². The molecule has 1 saturated heterocycles. The average molecular weight is 311 g/mol. The number of hydrogen-bond acceptors (Lipinski definition) is 4. The number of nitrogens with one attached hydrogen (secondary N) is 1. The minimum Gasteiger partial charge on any atom is -0.314 e. The number of thioether (sulfide) groups is 1. The van der Waals surface area contributed by atoms with Crippen LogP contribution in [0.25, 0.3) is 0 Å². The normalized spacial score (nSPS) is 18.3. The van der Waals surface area contributed by atoms with E-state index in [4.69, 9.17) is 0 Å². The topological polar surface area (TPSA) is 42.7 Å². The zero-order chi connectivity index (χ0) is 15.1. The molecule has 21 heavy (non-hydrogen) atoms. The molecule has 0 spiro atoms. The van der Waals surface area contributed by atoms with Crippen molar-refractivity contribution >= 4 is 11.8 Å². The maximum atomic E-state index is 4.49. The van der Waals surface area contributed by atoms with Gasteiger partial charge in [0.05, 0.1) is 0 Å². The third kappa shape index (κ3) is 5.62. The molecule has 2 rings (SSSR count). The summed E-state index contributed by atoms with van der Waals surface area (Å²) in [6.07, 6.45) is 6.75. The molecule has 120 valence electrons. The molecule has 1 aliphatic rings. The van der Waals surface area contributed by atoms with Gasteiger partial charge in [-0.1, -0.05) is 20.8 Å². The van der Waals surface area contributed by atoms with Crippen molar-refractivity contribution in [3.8, 4) is 0 Å². The second-order valence-corrected chi connectivity index (χ2v) is 7.73. The minimum atomic E-state index is 0.540. The van der Waals surface area contributed by atoms with Gasteiger partial charge in [-0.2, -0.15) is 16.9 Å². The third-order valence-corrected chi connectivity index (χ3v) is 5.16. The zero-order valence-electron chi connectivity index (χ0n) is 13.7. The molecule has 0 bridgehead atoms. The van der Waals surface area contributed by atoms with E-state index in [0.717, 1.165) is 31.3 Å². The Morgan fingerprint density at radius 3 is 2.81 bits per heavy atom. The number of aromatic nitrogens is 3. The molecule has 0 radical (unpaired) electrons. The number of hydrogen-bond donors (Lipinski definition) is 1. The standard InChI is InChI=1S/C16H30N4S/c1-4-17-15(9-14-5-7-21-8-6-14)10-16-18-12-19-20(16)11-13(2)3/h12-15,17H,4-11H2,1-3H3. The molecular weight excluding hydrogens is 280 g/mol. The molecule has 5 heteroatoms. The van der Waals surface area contributed by atoms with E-state index < -0.39 is 0 Å². The predicted octanol–water partition coefficient (Wildman–Crippen LogP) is 2.99. The summed E-state index contributed by atoms with van der Waals surface area (Å²) in [5.74, 6) is 5.31. The second-order valence-electron chi connectivity index (χ2n) is 6.50. The largest absolute Gasteiger partial charge is 0.314 e. The highest BCUT2D eigenvalue weighted by Gasteiger charge is 2.20. The molecule has 0 aromatic carbocycles. The summed E-state index contributed by atoms with van der Waals surface area (Å²) in [6, 6.07) is 0.540. The van der Waals surface area contributed by atoms with Crippen LogP contribution < -0.4 is 5.32 Å². The van der Waals surface area contributed by atoms with Gasteiger partial charge in [0.15, 0.2) is 0 Å². The summed E-state index contributed by atoms with van der Waals surface area (Å²) in [4.78, 5) is 4.49. The number of rotatable bonds is 8. The van der Waals surface area contributed by atoms with Gasteiger partial charge in [-0.3, -0.25) is 0 Å². The van der Waals surface area contributed by atoms with E-state index >= 15 is 0 Å². The lowest BCUT2D eigenvalue weighted by Crippen LogP contribution is -2.35. The van der Waals surface area contributed by atoms with Gasteiger partial charge in [-0.15, -0.1) is 0 Å². The molecule has 0 amide bonds. The van der Waals surface area contributed by atoms with Crippen molar-refractivity contribution < 1.29 is 0 Å². The Morgan fingerprint density at radius 2 is 2.14 bits per heavy atom. The monoisotopic (exact) mass is 310 g/mol. The number of likely N-dealkylation sites (N-methyl/N-ethyl adjacent to an activating group) is 1. The predicted molar refractivity (Wildman–Crippen MR) is 90.7 cm³/mol. The fourth-order valence-electron chi connectivity index (χ4n) is 3.08. The summed E-state index contributed by atoms with van der Waals surface area (Å²) in [6.45, 7) is 8.65. The van der Waals surface area contributed by atoms with Gasteiger partial charge in [0.2, 0.25) is 0 Å². The summed E-state index contributed by atoms with van der Waals surface area (Å²) in [7, 11) is 0. The van der Waals surface area contributed by atoms with E-state index in [1.54, 1.807) is 6.33 Å².